The van der Waals surface area contributed by atoms with Gasteiger partial charge in [0.15, 0.2) is 5.17 Å². The molecular formula is C25H22N4O2S2. The number of carbonyl (C=O) groups excluding carboxylic acids is 2. The number of thiophene rings is 1. The van der Waals surface area contributed by atoms with Crippen LogP contribution >= 0.6 is 23.1 Å². The highest BCUT2D eigenvalue weighted by Crippen LogP contribution is 2.39. The molecule has 0 saturated heterocycles. The lowest BCUT2D eigenvalue weighted by molar-refractivity contribution is -0.121. The zero-order valence-electron chi connectivity index (χ0n) is 18.0. The minimum atomic E-state index is -0.553. The maximum absolute atomic E-state index is 12.7. The summed E-state index contributed by atoms with van der Waals surface area (Å²) in [5.74, 6) is -0.495. The number of aryl methyl sites for hydroxylation is 1. The van der Waals surface area contributed by atoms with Gasteiger partial charge in [-0.1, -0.05) is 65.9 Å². The van der Waals surface area contributed by atoms with Crippen molar-refractivity contribution in [3.8, 4) is 0 Å². The summed E-state index contributed by atoms with van der Waals surface area (Å²) in [7, 11) is 0. The average Bonchev–Trinajstić information content (AvgIpc) is 3.56. The molecule has 2 aliphatic rings. The maximum atomic E-state index is 12.7. The predicted octanol–water partition coefficient (Wildman–Crippen LogP) is 5.23. The summed E-state index contributed by atoms with van der Waals surface area (Å²) in [6.45, 7) is 1.99. The van der Waals surface area contributed by atoms with Crippen molar-refractivity contribution in [2.24, 2.45) is 10.1 Å². The monoisotopic (exact) mass is 474 g/mol. The number of nitrogens with zero attached hydrogens (tertiary/aromatic N) is 3. The minimum Gasteiger partial charge on any atom is -0.326 e. The van der Waals surface area contributed by atoms with E-state index < -0.39 is 5.25 Å². The molecule has 6 nitrogen and oxygen atoms in total. The first-order valence-corrected chi connectivity index (χ1v) is 12.4. The molecule has 2 aliphatic heterocycles. The van der Waals surface area contributed by atoms with Gasteiger partial charge in [0.05, 0.1) is 16.6 Å². The summed E-state index contributed by atoms with van der Waals surface area (Å²) in [6, 6.07) is 21.7. The van der Waals surface area contributed by atoms with Gasteiger partial charge < -0.3 is 5.32 Å². The summed E-state index contributed by atoms with van der Waals surface area (Å²) in [5.41, 5.74) is 3.93. The molecular weight excluding hydrogens is 452 g/mol. The van der Waals surface area contributed by atoms with Crippen molar-refractivity contribution < 1.29 is 9.59 Å². The quantitative estimate of drug-likeness (QED) is 0.549. The first-order valence-electron chi connectivity index (χ1n) is 10.7. The second kappa shape index (κ2) is 9.33. The zero-order valence-corrected chi connectivity index (χ0v) is 19.6. The topological polar surface area (TPSA) is 74.1 Å². The number of anilines is 1. The molecule has 2 atom stereocenters. The number of hydrogen-bond acceptors (Lipinski definition) is 6. The highest BCUT2D eigenvalue weighted by molar-refractivity contribution is 8.15. The lowest BCUT2D eigenvalue weighted by Crippen LogP contribution is -2.25. The van der Waals surface area contributed by atoms with Crippen LogP contribution in [-0.4, -0.2) is 33.0 Å². The Labute approximate surface area is 200 Å². The fourth-order valence-corrected chi connectivity index (χ4v) is 5.62. The van der Waals surface area contributed by atoms with Gasteiger partial charge in [-0.15, -0.1) is 11.3 Å². The van der Waals surface area contributed by atoms with Crippen LogP contribution in [0.15, 0.2) is 82.2 Å². The first kappa shape index (κ1) is 21.6. The number of benzene rings is 2. The number of carbonyl (C=O) groups is 2. The maximum Gasteiger partial charge on any atom is 0.262 e. The van der Waals surface area contributed by atoms with E-state index in [2.05, 4.69) is 28.5 Å². The third-order valence-corrected chi connectivity index (χ3v) is 7.59. The van der Waals surface area contributed by atoms with E-state index in [-0.39, 0.29) is 24.3 Å². The van der Waals surface area contributed by atoms with Crippen molar-refractivity contribution in [3.05, 3.63) is 88.1 Å². The van der Waals surface area contributed by atoms with E-state index >= 15 is 0 Å². The fourth-order valence-electron chi connectivity index (χ4n) is 3.83. The highest BCUT2D eigenvalue weighted by atomic mass is 32.2. The molecule has 0 saturated carbocycles. The molecule has 3 heterocycles. The molecule has 3 aromatic rings. The molecule has 33 heavy (non-hydrogen) atoms. The van der Waals surface area contributed by atoms with Crippen molar-refractivity contribution in [2.75, 3.05) is 5.32 Å². The highest BCUT2D eigenvalue weighted by Gasteiger charge is 2.39. The molecule has 0 unspecified atom stereocenters. The summed E-state index contributed by atoms with van der Waals surface area (Å²) in [4.78, 5) is 30.6. The molecule has 0 radical (unpaired) electrons. The molecule has 1 N–H and O–H groups in total. The van der Waals surface area contributed by atoms with Crippen LogP contribution < -0.4 is 5.32 Å². The normalized spacial score (nSPS) is 20.0. The third-order valence-electron chi connectivity index (χ3n) is 5.53. The van der Waals surface area contributed by atoms with E-state index in [1.165, 1.54) is 11.8 Å². The van der Waals surface area contributed by atoms with Crippen LogP contribution in [0.3, 0.4) is 0 Å². The van der Waals surface area contributed by atoms with Crippen LogP contribution in [0.5, 0.6) is 0 Å². The Morgan fingerprint density at radius 3 is 2.61 bits per heavy atom. The number of amides is 2. The van der Waals surface area contributed by atoms with Gasteiger partial charge in [-0.2, -0.15) is 10.1 Å². The van der Waals surface area contributed by atoms with Crippen LogP contribution in [0.4, 0.5) is 5.69 Å². The lowest BCUT2D eigenvalue weighted by atomic mass is 10.0. The summed E-state index contributed by atoms with van der Waals surface area (Å²) in [6.07, 6.45) is 0.798. The number of aliphatic imine (C=N–C) groups is 1. The van der Waals surface area contributed by atoms with Crippen LogP contribution in [0, 0.1) is 6.92 Å². The van der Waals surface area contributed by atoms with Gasteiger partial charge in [0.25, 0.3) is 5.91 Å². The Morgan fingerprint density at radius 1 is 1.09 bits per heavy atom. The van der Waals surface area contributed by atoms with Gasteiger partial charge in [0.2, 0.25) is 5.91 Å². The Balaban J connectivity index is 1.32. The van der Waals surface area contributed by atoms with Crippen molar-refractivity contribution in [3.63, 3.8) is 0 Å². The standard InChI is InChI=1S/C25H22N4O2S2/c1-16-9-11-18(12-10-16)26-23(30)15-22-24(31)27-25(33-22)29-20(17-6-3-2-4-7-17)14-19(28-29)21-8-5-13-32-21/h2-13,20,22H,14-15H2,1H3,(H,26,30)/t20-,22+/m1/s1. The van der Waals surface area contributed by atoms with E-state index in [4.69, 9.17) is 5.10 Å². The van der Waals surface area contributed by atoms with Crippen molar-refractivity contribution in [2.45, 2.75) is 31.1 Å². The Hall–Kier alpha value is -3.23. The number of nitrogens with one attached hydrogen (secondary N) is 1. The van der Waals surface area contributed by atoms with E-state index in [1.54, 1.807) is 11.3 Å². The van der Waals surface area contributed by atoms with Gasteiger partial charge in [-0.3, -0.25) is 9.59 Å². The molecule has 5 rings (SSSR count). The van der Waals surface area contributed by atoms with E-state index in [9.17, 15) is 9.59 Å². The third kappa shape index (κ3) is 4.77. The smallest absolute Gasteiger partial charge is 0.262 e. The van der Waals surface area contributed by atoms with Crippen LogP contribution in [0.25, 0.3) is 0 Å². The molecule has 0 bridgehead atoms. The first-order chi connectivity index (χ1) is 16.1. The van der Waals surface area contributed by atoms with Gasteiger partial charge in [0, 0.05) is 18.5 Å². The van der Waals surface area contributed by atoms with Crippen LogP contribution in [0.2, 0.25) is 0 Å². The van der Waals surface area contributed by atoms with E-state index in [0.29, 0.717) is 5.17 Å². The summed E-state index contributed by atoms with van der Waals surface area (Å²) in [5, 5.41) is 11.6. The fraction of sp³-hybridized carbons (Fsp3) is 0.200. The average molecular weight is 475 g/mol. The molecule has 0 aliphatic carbocycles. The Bertz CT molecular complexity index is 1220. The predicted molar refractivity (Wildman–Crippen MR) is 135 cm³/mol. The van der Waals surface area contributed by atoms with E-state index in [1.807, 2.05) is 65.8 Å². The molecule has 2 amide bonds. The molecule has 2 aromatic carbocycles. The minimum absolute atomic E-state index is 0.0394. The Kier molecular flexibility index (Phi) is 6.11. The Morgan fingerprint density at radius 2 is 1.88 bits per heavy atom. The molecule has 0 fully saturated rings. The number of hydrazone groups is 1. The van der Waals surface area contributed by atoms with Crippen molar-refractivity contribution in [1.82, 2.24) is 5.01 Å². The van der Waals surface area contributed by atoms with Gasteiger partial charge in [0.1, 0.15) is 5.25 Å². The SMILES string of the molecule is Cc1ccc(NC(=O)C[C@@H]2SC(N3N=C(c4cccs4)C[C@@H]3c3ccccc3)=NC2=O)cc1. The second-order valence-electron chi connectivity index (χ2n) is 7.96. The largest absolute Gasteiger partial charge is 0.326 e. The molecule has 8 heteroatoms. The number of thioether (sulfide) groups is 1. The zero-order chi connectivity index (χ0) is 22.8. The van der Waals surface area contributed by atoms with Gasteiger partial charge >= 0.3 is 0 Å². The molecule has 0 spiro atoms. The summed E-state index contributed by atoms with van der Waals surface area (Å²) >= 11 is 2.97. The number of amidine groups is 1. The second-order valence-corrected chi connectivity index (χ2v) is 10.1. The molecule has 166 valence electrons. The summed E-state index contributed by atoms with van der Waals surface area (Å²) < 4.78 is 0. The van der Waals surface area contributed by atoms with Gasteiger partial charge in [-0.05, 0) is 36.1 Å². The lowest BCUT2D eigenvalue weighted by Gasteiger charge is -2.23. The number of rotatable bonds is 5. The van der Waals surface area contributed by atoms with Crippen molar-refractivity contribution in [1.29, 1.82) is 0 Å². The molecule has 1 aromatic heterocycles. The van der Waals surface area contributed by atoms with Crippen LogP contribution in [0.1, 0.15) is 34.9 Å². The number of hydrogen-bond donors (Lipinski definition) is 1. The van der Waals surface area contributed by atoms with Crippen molar-refractivity contribution >= 4 is 51.5 Å². The van der Waals surface area contributed by atoms with E-state index in [0.717, 1.165) is 33.8 Å². The van der Waals surface area contributed by atoms with Gasteiger partial charge in [-0.25, -0.2) is 5.01 Å². The van der Waals surface area contributed by atoms with Crippen LogP contribution in [-0.2, 0) is 9.59 Å².